The molecule has 0 bridgehead atoms. The van der Waals surface area contributed by atoms with E-state index in [-0.39, 0.29) is 30.3 Å². The Bertz CT molecular complexity index is 1150. The molecule has 0 saturated heterocycles. The van der Waals surface area contributed by atoms with E-state index in [0.29, 0.717) is 17.5 Å². The van der Waals surface area contributed by atoms with E-state index >= 15 is 0 Å². The lowest BCUT2D eigenvalue weighted by Gasteiger charge is -2.28. The van der Waals surface area contributed by atoms with Gasteiger partial charge >= 0.3 is 5.97 Å². The third kappa shape index (κ3) is 9.54. The van der Waals surface area contributed by atoms with E-state index in [9.17, 15) is 39.6 Å². The highest BCUT2D eigenvalue weighted by Crippen LogP contribution is 2.14. The van der Waals surface area contributed by atoms with E-state index in [1.165, 1.54) is 31.2 Å². The predicted molar refractivity (Wildman–Crippen MR) is 146 cm³/mol. The Morgan fingerprint density at radius 1 is 0.750 bits per heavy atom. The number of hydrogen-bond donors (Lipinski definition) is 8. The van der Waals surface area contributed by atoms with E-state index in [4.69, 9.17) is 5.73 Å². The Kier molecular flexibility index (Phi) is 11.9. The zero-order valence-electron chi connectivity index (χ0n) is 22.7. The average molecular weight is 559 g/mol. The molecule has 3 amide bonds. The molecule has 2 rings (SSSR count). The number of carboxylic acid groups (broad SMARTS) is 1. The number of aromatic hydroxyl groups is 2. The molecule has 0 spiro atoms. The molecule has 12 heteroatoms. The van der Waals surface area contributed by atoms with Crippen molar-refractivity contribution < 1.29 is 39.6 Å². The molecule has 9 N–H and O–H groups in total. The summed E-state index contributed by atoms with van der Waals surface area (Å²) < 4.78 is 0. The maximum absolute atomic E-state index is 13.4. The molecule has 6 atom stereocenters. The summed E-state index contributed by atoms with van der Waals surface area (Å²) in [4.78, 5) is 51.0. The molecule has 218 valence electrons. The summed E-state index contributed by atoms with van der Waals surface area (Å²) in [5, 5.41) is 45.7. The number of carbonyl (C=O) groups excluding carboxylic acids is 3. The number of amides is 3. The summed E-state index contributed by atoms with van der Waals surface area (Å²) in [6, 6.07) is 7.15. The van der Waals surface area contributed by atoms with Gasteiger partial charge < -0.3 is 42.1 Å². The standard InChI is InChI=1S/C28H38N4O8/c1-4-15(2)23(31-25(36)21(29)13-17-5-9-19(34)10-6-17)27(38)30-22(14-18-7-11-20(35)12-8-18)26(37)32-24(16(3)33)28(39)40/h5-12,15-16,21-24,33-35H,4,13-14,29H2,1-3H3,(H,30,38)(H,31,36)(H,32,37)(H,39,40)/t15-,16+,21-,22-,23-,24-/m0/s1. The van der Waals surface area contributed by atoms with Crippen molar-refractivity contribution in [2.45, 2.75) is 70.3 Å². The number of nitrogens with two attached hydrogens (primary N) is 1. The molecule has 0 fully saturated rings. The molecule has 0 radical (unpaired) electrons. The monoisotopic (exact) mass is 558 g/mol. The number of carbonyl (C=O) groups is 4. The number of phenols is 2. The summed E-state index contributed by atoms with van der Waals surface area (Å²) in [6.07, 6.45) is -0.814. The van der Waals surface area contributed by atoms with Gasteiger partial charge in [-0.1, -0.05) is 44.5 Å². The molecule has 12 nitrogen and oxygen atoms in total. The molecular weight excluding hydrogens is 520 g/mol. The number of hydrogen-bond acceptors (Lipinski definition) is 8. The number of carboxylic acids is 1. The molecular formula is C28H38N4O8. The minimum absolute atomic E-state index is 0.00276. The molecule has 0 saturated carbocycles. The van der Waals surface area contributed by atoms with E-state index in [2.05, 4.69) is 16.0 Å². The van der Waals surface area contributed by atoms with E-state index in [1.54, 1.807) is 31.2 Å². The van der Waals surface area contributed by atoms with Crippen LogP contribution in [0.1, 0.15) is 38.3 Å². The van der Waals surface area contributed by atoms with E-state index in [1.807, 2.05) is 6.92 Å². The second-order valence-electron chi connectivity index (χ2n) is 9.85. The van der Waals surface area contributed by atoms with Gasteiger partial charge in [-0.2, -0.15) is 0 Å². The number of benzene rings is 2. The van der Waals surface area contributed by atoms with Crippen molar-refractivity contribution in [2.24, 2.45) is 11.7 Å². The van der Waals surface area contributed by atoms with Gasteiger partial charge in [-0.05, 0) is 54.7 Å². The molecule has 0 aromatic heterocycles. The maximum Gasteiger partial charge on any atom is 0.328 e. The first kappa shape index (κ1) is 32.1. The fraction of sp³-hybridized carbons (Fsp3) is 0.429. The highest BCUT2D eigenvalue weighted by atomic mass is 16.4. The number of nitrogens with one attached hydrogen (secondary N) is 3. The molecule has 2 aromatic rings. The van der Waals surface area contributed by atoms with Crippen LogP contribution >= 0.6 is 0 Å². The SMILES string of the molecule is CC[C@H](C)[C@H](NC(=O)[C@@H](N)Cc1ccc(O)cc1)C(=O)N[C@@H](Cc1ccc(O)cc1)C(=O)N[C@H](C(=O)O)[C@@H](C)O. The largest absolute Gasteiger partial charge is 0.508 e. The highest BCUT2D eigenvalue weighted by molar-refractivity contribution is 5.94. The second-order valence-corrected chi connectivity index (χ2v) is 9.85. The smallest absolute Gasteiger partial charge is 0.328 e. The van der Waals surface area contributed by atoms with E-state index in [0.717, 1.165) is 0 Å². The van der Waals surface area contributed by atoms with Gasteiger partial charge in [-0.15, -0.1) is 0 Å². The predicted octanol–water partition coefficient (Wildman–Crippen LogP) is 0.176. The third-order valence-corrected chi connectivity index (χ3v) is 6.58. The first-order valence-corrected chi connectivity index (χ1v) is 13.0. The second kappa shape index (κ2) is 14.8. The van der Waals surface area contributed by atoms with Gasteiger partial charge in [0.05, 0.1) is 12.1 Å². The van der Waals surface area contributed by atoms with Crippen LogP contribution in [0, 0.1) is 5.92 Å². The molecule has 0 unspecified atom stereocenters. The fourth-order valence-corrected chi connectivity index (χ4v) is 3.92. The van der Waals surface area contributed by atoms with E-state index < -0.39 is 54.0 Å². The highest BCUT2D eigenvalue weighted by Gasteiger charge is 2.33. The summed E-state index contributed by atoms with van der Waals surface area (Å²) in [5.41, 5.74) is 7.35. The zero-order chi connectivity index (χ0) is 30.0. The number of aliphatic carboxylic acids is 1. The molecule has 0 heterocycles. The van der Waals surface area contributed by atoms with Crippen LogP contribution in [0.2, 0.25) is 0 Å². The van der Waals surface area contributed by atoms with Crippen molar-refractivity contribution in [3.63, 3.8) is 0 Å². The number of aliphatic hydroxyl groups is 1. The molecule has 2 aromatic carbocycles. The van der Waals surface area contributed by atoms with Gasteiger partial charge in [0.15, 0.2) is 6.04 Å². The summed E-state index contributed by atoms with van der Waals surface area (Å²) >= 11 is 0. The first-order chi connectivity index (χ1) is 18.8. The first-order valence-electron chi connectivity index (χ1n) is 13.0. The van der Waals surface area contributed by atoms with Gasteiger partial charge in [0.1, 0.15) is 23.6 Å². The van der Waals surface area contributed by atoms with Gasteiger partial charge in [0, 0.05) is 6.42 Å². The van der Waals surface area contributed by atoms with Crippen molar-refractivity contribution in [3.05, 3.63) is 59.7 Å². The number of phenolic OH excluding ortho intramolecular Hbond substituents is 2. The zero-order valence-corrected chi connectivity index (χ0v) is 22.7. The van der Waals surface area contributed by atoms with Crippen molar-refractivity contribution in [1.82, 2.24) is 16.0 Å². The normalized spacial score (nSPS) is 15.5. The van der Waals surface area contributed by atoms with Gasteiger partial charge in [-0.3, -0.25) is 14.4 Å². The maximum atomic E-state index is 13.4. The van der Waals surface area contributed by atoms with Crippen LogP contribution in [0.5, 0.6) is 11.5 Å². The number of aliphatic hydroxyl groups excluding tert-OH is 1. The van der Waals surface area contributed by atoms with Gasteiger partial charge in [-0.25, -0.2) is 4.79 Å². The van der Waals surface area contributed by atoms with Crippen LogP contribution in [0.3, 0.4) is 0 Å². The Hall–Kier alpha value is -4.16. The summed E-state index contributed by atoms with van der Waals surface area (Å²) in [6.45, 7) is 4.79. The van der Waals surface area contributed by atoms with Crippen molar-refractivity contribution in [1.29, 1.82) is 0 Å². The van der Waals surface area contributed by atoms with Crippen LogP contribution < -0.4 is 21.7 Å². The third-order valence-electron chi connectivity index (χ3n) is 6.58. The fourth-order valence-electron chi connectivity index (χ4n) is 3.92. The lowest BCUT2D eigenvalue weighted by molar-refractivity contribution is -0.145. The number of rotatable bonds is 14. The quantitative estimate of drug-likeness (QED) is 0.159. The van der Waals surface area contributed by atoms with Crippen molar-refractivity contribution in [2.75, 3.05) is 0 Å². The van der Waals surface area contributed by atoms with Crippen molar-refractivity contribution >= 4 is 23.7 Å². The van der Waals surface area contributed by atoms with Gasteiger partial charge in [0.25, 0.3) is 0 Å². The Balaban J connectivity index is 2.23. The molecule has 0 aliphatic carbocycles. The average Bonchev–Trinajstić information content (AvgIpc) is 2.91. The topological polar surface area (TPSA) is 211 Å². The molecule has 0 aliphatic heterocycles. The molecule has 40 heavy (non-hydrogen) atoms. The lowest BCUT2D eigenvalue weighted by atomic mass is 9.96. The minimum Gasteiger partial charge on any atom is -0.508 e. The van der Waals surface area contributed by atoms with Crippen LogP contribution in [-0.2, 0) is 32.0 Å². The summed E-state index contributed by atoms with van der Waals surface area (Å²) in [7, 11) is 0. The Morgan fingerprint density at radius 3 is 1.68 bits per heavy atom. The van der Waals surface area contributed by atoms with Crippen LogP contribution in [-0.4, -0.2) is 74.4 Å². The van der Waals surface area contributed by atoms with Crippen LogP contribution in [0.4, 0.5) is 0 Å². The Labute approximate surface area is 232 Å². The van der Waals surface area contributed by atoms with Crippen molar-refractivity contribution in [3.8, 4) is 11.5 Å². The minimum atomic E-state index is -1.62. The molecule has 0 aliphatic rings. The lowest BCUT2D eigenvalue weighted by Crippen LogP contribution is -2.60. The van der Waals surface area contributed by atoms with Gasteiger partial charge in [0.2, 0.25) is 17.7 Å². The van der Waals surface area contributed by atoms with Crippen LogP contribution in [0.25, 0.3) is 0 Å². The summed E-state index contributed by atoms with van der Waals surface area (Å²) in [5.74, 6) is -3.86. The van der Waals surface area contributed by atoms with Crippen LogP contribution in [0.15, 0.2) is 48.5 Å². The Morgan fingerprint density at radius 2 is 1.23 bits per heavy atom.